The smallest absolute Gasteiger partial charge is 0.228 e. The molecule has 0 unspecified atom stereocenters. The average Bonchev–Trinajstić information content (AvgIpc) is 2.95. The van der Waals surface area contributed by atoms with Crippen LogP contribution in [-0.4, -0.2) is 22.8 Å². The van der Waals surface area contributed by atoms with E-state index in [1.165, 1.54) is 24.0 Å². The van der Waals surface area contributed by atoms with E-state index in [1.807, 2.05) is 18.0 Å². The van der Waals surface area contributed by atoms with E-state index in [0.29, 0.717) is 12.5 Å². The molecule has 6 rings (SSSR count). The van der Waals surface area contributed by atoms with Gasteiger partial charge in [-0.15, -0.1) is 11.3 Å². The van der Waals surface area contributed by atoms with Crippen LogP contribution < -0.4 is 0 Å². The van der Waals surface area contributed by atoms with Gasteiger partial charge in [0.1, 0.15) is 5.01 Å². The summed E-state index contributed by atoms with van der Waals surface area (Å²) in [7, 11) is 1.98. The zero-order valence-electron chi connectivity index (χ0n) is 14.2. The molecule has 4 fully saturated rings. The number of benzene rings is 1. The van der Waals surface area contributed by atoms with Crippen LogP contribution in [0.25, 0.3) is 10.2 Å². The van der Waals surface area contributed by atoms with Gasteiger partial charge in [-0.3, -0.25) is 4.79 Å². The average molecular weight is 340 g/mol. The van der Waals surface area contributed by atoms with Crippen molar-refractivity contribution in [2.24, 2.45) is 23.2 Å². The van der Waals surface area contributed by atoms with Crippen molar-refractivity contribution in [3.63, 3.8) is 0 Å². The molecule has 1 aromatic heterocycles. The SMILES string of the molecule is CN(Cc1nc2ccccc2s1)C(=O)C12CC3CC(CC(C3)C1)C2. The van der Waals surface area contributed by atoms with E-state index in [4.69, 9.17) is 4.98 Å². The van der Waals surface area contributed by atoms with E-state index >= 15 is 0 Å². The zero-order valence-corrected chi connectivity index (χ0v) is 15.0. The number of aromatic nitrogens is 1. The van der Waals surface area contributed by atoms with E-state index in [2.05, 4.69) is 18.2 Å². The molecule has 1 aromatic carbocycles. The van der Waals surface area contributed by atoms with E-state index in [-0.39, 0.29) is 5.41 Å². The summed E-state index contributed by atoms with van der Waals surface area (Å²) in [6.45, 7) is 0.653. The van der Waals surface area contributed by atoms with E-state index in [9.17, 15) is 4.79 Å². The number of hydrogen-bond acceptors (Lipinski definition) is 3. The zero-order chi connectivity index (χ0) is 16.3. The van der Waals surface area contributed by atoms with Gasteiger partial charge < -0.3 is 4.90 Å². The lowest BCUT2D eigenvalue weighted by Gasteiger charge is -2.56. The van der Waals surface area contributed by atoms with Gasteiger partial charge in [-0.1, -0.05) is 12.1 Å². The fraction of sp³-hybridized carbons (Fsp3) is 0.600. The molecule has 0 radical (unpaired) electrons. The Morgan fingerprint density at radius 3 is 2.42 bits per heavy atom. The van der Waals surface area contributed by atoms with Crippen LogP contribution in [0.1, 0.15) is 43.5 Å². The Hall–Kier alpha value is -1.42. The lowest BCUT2D eigenvalue weighted by atomic mass is 9.49. The van der Waals surface area contributed by atoms with Gasteiger partial charge in [-0.25, -0.2) is 4.98 Å². The predicted octanol–water partition coefficient (Wildman–Crippen LogP) is 4.47. The molecular formula is C20H24N2OS. The van der Waals surface area contributed by atoms with Crippen LogP contribution in [0.2, 0.25) is 0 Å². The first-order chi connectivity index (χ1) is 11.6. The van der Waals surface area contributed by atoms with Crippen molar-refractivity contribution in [2.75, 3.05) is 7.05 Å². The van der Waals surface area contributed by atoms with E-state index in [1.54, 1.807) is 11.3 Å². The number of fused-ring (bicyclic) bond motifs is 1. The van der Waals surface area contributed by atoms with E-state index < -0.39 is 0 Å². The number of rotatable bonds is 3. The van der Waals surface area contributed by atoms with Crippen LogP contribution in [0.4, 0.5) is 0 Å². The third-order valence-electron chi connectivity index (χ3n) is 6.55. The van der Waals surface area contributed by atoms with Crippen molar-refractivity contribution < 1.29 is 4.79 Å². The summed E-state index contributed by atoms with van der Waals surface area (Å²) >= 11 is 1.72. The van der Waals surface area contributed by atoms with Crippen LogP contribution in [-0.2, 0) is 11.3 Å². The Labute approximate surface area is 147 Å². The highest BCUT2D eigenvalue weighted by Crippen LogP contribution is 2.60. The van der Waals surface area contributed by atoms with Crippen LogP contribution in [0.5, 0.6) is 0 Å². The molecule has 126 valence electrons. The lowest BCUT2D eigenvalue weighted by Crippen LogP contribution is -2.53. The minimum absolute atomic E-state index is 0.0415. The monoisotopic (exact) mass is 340 g/mol. The quantitative estimate of drug-likeness (QED) is 0.826. The Morgan fingerprint density at radius 2 is 1.79 bits per heavy atom. The minimum Gasteiger partial charge on any atom is -0.339 e. The van der Waals surface area contributed by atoms with Gasteiger partial charge in [-0.05, 0) is 68.4 Å². The summed E-state index contributed by atoms with van der Waals surface area (Å²) < 4.78 is 1.21. The Bertz CT molecular complexity index is 728. The van der Waals surface area contributed by atoms with Crippen molar-refractivity contribution in [2.45, 2.75) is 45.1 Å². The summed E-state index contributed by atoms with van der Waals surface area (Å²) in [6.07, 6.45) is 7.57. The summed E-state index contributed by atoms with van der Waals surface area (Å²) in [5.41, 5.74) is 1.01. The van der Waals surface area contributed by atoms with Crippen molar-refractivity contribution in [3.8, 4) is 0 Å². The van der Waals surface area contributed by atoms with Gasteiger partial charge >= 0.3 is 0 Å². The summed E-state index contributed by atoms with van der Waals surface area (Å²) in [4.78, 5) is 20.0. The van der Waals surface area contributed by atoms with Crippen molar-refractivity contribution in [3.05, 3.63) is 29.3 Å². The second kappa shape index (κ2) is 5.29. The molecular weight excluding hydrogens is 316 g/mol. The van der Waals surface area contributed by atoms with Crippen LogP contribution in [0.3, 0.4) is 0 Å². The van der Waals surface area contributed by atoms with Gasteiger partial charge in [0, 0.05) is 7.05 Å². The molecule has 4 heteroatoms. The standard InChI is InChI=1S/C20H24N2OS/c1-22(12-18-21-16-4-2-3-5-17(16)24-18)19(23)20-9-13-6-14(10-20)8-15(7-13)11-20/h2-5,13-15H,6-12H2,1H3. The molecule has 4 aliphatic rings. The third kappa shape index (κ3) is 2.30. The normalized spacial score (nSPS) is 34.0. The predicted molar refractivity (Wildman–Crippen MR) is 96.7 cm³/mol. The third-order valence-corrected chi connectivity index (χ3v) is 7.57. The maximum atomic E-state index is 13.3. The second-order valence-electron chi connectivity index (χ2n) is 8.43. The molecule has 0 saturated heterocycles. The molecule has 4 bridgehead atoms. The van der Waals surface area contributed by atoms with Crippen molar-refractivity contribution >= 4 is 27.5 Å². The molecule has 1 amide bonds. The lowest BCUT2D eigenvalue weighted by molar-refractivity contribution is -0.156. The van der Waals surface area contributed by atoms with Crippen LogP contribution in [0.15, 0.2) is 24.3 Å². The number of carbonyl (C=O) groups excluding carboxylic acids is 1. The maximum absolute atomic E-state index is 13.3. The maximum Gasteiger partial charge on any atom is 0.228 e. The molecule has 4 aliphatic carbocycles. The molecule has 0 N–H and O–H groups in total. The van der Waals surface area contributed by atoms with Crippen molar-refractivity contribution in [1.29, 1.82) is 0 Å². The van der Waals surface area contributed by atoms with Crippen LogP contribution in [0, 0.1) is 23.2 Å². The van der Waals surface area contributed by atoms with Gasteiger partial charge in [0.15, 0.2) is 0 Å². The van der Waals surface area contributed by atoms with Gasteiger partial charge in [0.05, 0.1) is 22.2 Å². The Morgan fingerprint density at radius 1 is 1.17 bits per heavy atom. The molecule has 1 heterocycles. The van der Waals surface area contributed by atoms with Gasteiger partial charge in [-0.2, -0.15) is 0 Å². The number of para-hydroxylation sites is 1. The first-order valence-electron chi connectivity index (χ1n) is 9.21. The molecule has 24 heavy (non-hydrogen) atoms. The van der Waals surface area contributed by atoms with Crippen LogP contribution >= 0.6 is 11.3 Å². The summed E-state index contributed by atoms with van der Waals surface area (Å²) in [5.74, 6) is 2.84. The fourth-order valence-corrected chi connectivity index (χ4v) is 7.06. The molecule has 2 aromatic rings. The number of thiazole rings is 1. The molecule has 3 nitrogen and oxygen atoms in total. The fourth-order valence-electron chi connectivity index (χ4n) is 6.04. The highest BCUT2D eigenvalue weighted by atomic mass is 32.1. The molecule has 0 atom stereocenters. The first kappa shape index (κ1) is 14.9. The largest absolute Gasteiger partial charge is 0.339 e. The summed E-state index contributed by atoms with van der Waals surface area (Å²) in [6, 6.07) is 8.23. The number of amides is 1. The molecule has 4 saturated carbocycles. The topological polar surface area (TPSA) is 33.2 Å². The van der Waals surface area contributed by atoms with E-state index in [0.717, 1.165) is 47.5 Å². The van der Waals surface area contributed by atoms with Crippen molar-refractivity contribution in [1.82, 2.24) is 9.88 Å². The number of carbonyl (C=O) groups is 1. The second-order valence-corrected chi connectivity index (χ2v) is 9.55. The molecule has 0 spiro atoms. The highest BCUT2D eigenvalue weighted by molar-refractivity contribution is 7.18. The minimum atomic E-state index is -0.0415. The highest BCUT2D eigenvalue weighted by Gasteiger charge is 2.55. The number of nitrogens with zero attached hydrogens (tertiary/aromatic N) is 2. The van der Waals surface area contributed by atoms with Gasteiger partial charge in [0.25, 0.3) is 0 Å². The molecule has 0 aliphatic heterocycles. The van der Waals surface area contributed by atoms with Gasteiger partial charge in [0.2, 0.25) is 5.91 Å². The first-order valence-corrected chi connectivity index (χ1v) is 10.0. The Kier molecular flexibility index (Phi) is 3.28. The Balaban J connectivity index is 1.36. The summed E-state index contributed by atoms with van der Waals surface area (Å²) in [5, 5.41) is 1.05. The number of hydrogen-bond donors (Lipinski definition) is 0.